The molecule has 2 aromatic rings. The third-order valence-corrected chi connectivity index (χ3v) is 5.23. The van der Waals surface area contributed by atoms with Gasteiger partial charge in [-0.15, -0.1) is 0 Å². The van der Waals surface area contributed by atoms with E-state index in [9.17, 15) is 9.18 Å². The maximum atomic E-state index is 13.5. The zero-order valence-corrected chi connectivity index (χ0v) is 15.5. The third kappa shape index (κ3) is 3.60. The Hall–Kier alpha value is -2.67. The topological polar surface area (TPSA) is 57.7 Å². The quantitative estimate of drug-likeness (QED) is 0.899. The van der Waals surface area contributed by atoms with E-state index in [0.717, 1.165) is 37.7 Å². The van der Waals surface area contributed by atoms with Crippen molar-refractivity contribution >= 4 is 17.4 Å². The number of piperazine rings is 1. The van der Waals surface area contributed by atoms with Gasteiger partial charge in [-0.25, -0.2) is 9.37 Å². The number of benzene rings is 1. The lowest BCUT2D eigenvalue weighted by atomic mass is 10.00. The highest BCUT2D eigenvalue weighted by Crippen LogP contribution is 2.35. The van der Waals surface area contributed by atoms with Gasteiger partial charge >= 0.3 is 0 Å². The SMILES string of the molecule is Cc1nc(N2CCN(C)CC2)ccc1NC(=O)C1COc2ccc(F)cc21. The number of aryl methyl sites for hydroxylation is 1. The minimum Gasteiger partial charge on any atom is -0.492 e. The van der Waals surface area contributed by atoms with Gasteiger partial charge in [0.1, 0.15) is 29.9 Å². The highest BCUT2D eigenvalue weighted by Gasteiger charge is 2.31. The standard InChI is InChI=1S/C20H23FN4O2/c1-13-17(4-6-19(22-13)25-9-7-24(2)8-10-25)23-20(26)16-12-27-18-5-3-14(21)11-15(16)18/h3-6,11,16H,7-10,12H2,1-2H3,(H,23,26). The summed E-state index contributed by atoms with van der Waals surface area (Å²) in [6.07, 6.45) is 0. The van der Waals surface area contributed by atoms with Crippen LogP contribution in [0.2, 0.25) is 0 Å². The van der Waals surface area contributed by atoms with Crippen LogP contribution >= 0.6 is 0 Å². The molecule has 1 fully saturated rings. The molecule has 1 aromatic heterocycles. The Morgan fingerprint density at radius 2 is 2.00 bits per heavy atom. The first-order valence-electron chi connectivity index (χ1n) is 9.15. The summed E-state index contributed by atoms with van der Waals surface area (Å²) in [7, 11) is 2.12. The van der Waals surface area contributed by atoms with Crippen LogP contribution in [0.3, 0.4) is 0 Å². The van der Waals surface area contributed by atoms with Crippen LogP contribution in [0.1, 0.15) is 17.2 Å². The number of hydrogen-bond acceptors (Lipinski definition) is 5. The Labute approximate surface area is 157 Å². The Morgan fingerprint density at radius 1 is 1.22 bits per heavy atom. The van der Waals surface area contributed by atoms with Crippen molar-refractivity contribution in [3.8, 4) is 5.75 Å². The average molecular weight is 370 g/mol. The van der Waals surface area contributed by atoms with Crippen molar-refractivity contribution < 1.29 is 13.9 Å². The predicted molar refractivity (Wildman–Crippen MR) is 102 cm³/mol. The Kier molecular flexibility index (Phi) is 4.70. The number of amides is 1. The lowest BCUT2D eigenvalue weighted by molar-refractivity contribution is -0.117. The molecule has 1 saturated heterocycles. The van der Waals surface area contributed by atoms with Gasteiger partial charge in [0.15, 0.2) is 0 Å². The van der Waals surface area contributed by atoms with E-state index in [4.69, 9.17) is 4.74 Å². The molecule has 142 valence electrons. The van der Waals surface area contributed by atoms with Crippen molar-refractivity contribution in [2.75, 3.05) is 50.1 Å². The van der Waals surface area contributed by atoms with E-state index >= 15 is 0 Å². The van der Waals surface area contributed by atoms with Crippen molar-refractivity contribution in [1.29, 1.82) is 0 Å². The molecule has 2 aliphatic heterocycles. The van der Waals surface area contributed by atoms with Crippen molar-refractivity contribution in [3.63, 3.8) is 0 Å². The first-order valence-corrected chi connectivity index (χ1v) is 9.15. The number of carbonyl (C=O) groups excluding carboxylic acids is 1. The number of aromatic nitrogens is 1. The fourth-order valence-corrected chi connectivity index (χ4v) is 3.51. The molecule has 0 radical (unpaired) electrons. The van der Waals surface area contributed by atoms with Crippen LogP contribution in [0.4, 0.5) is 15.9 Å². The predicted octanol–water partition coefficient (Wildman–Crippen LogP) is 2.40. The van der Waals surface area contributed by atoms with Crippen LogP contribution < -0.4 is 15.0 Å². The Morgan fingerprint density at radius 3 is 2.74 bits per heavy atom. The number of nitrogens with zero attached hydrogens (tertiary/aromatic N) is 3. The van der Waals surface area contributed by atoms with Crippen molar-refractivity contribution in [3.05, 3.63) is 47.4 Å². The van der Waals surface area contributed by atoms with Gasteiger partial charge in [0, 0.05) is 31.7 Å². The van der Waals surface area contributed by atoms with E-state index in [2.05, 4.69) is 27.1 Å². The van der Waals surface area contributed by atoms with Gasteiger partial charge < -0.3 is 19.9 Å². The highest BCUT2D eigenvalue weighted by molar-refractivity contribution is 5.97. The molecule has 6 nitrogen and oxygen atoms in total. The van der Waals surface area contributed by atoms with Gasteiger partial charge in [-0.1, -0.05) is 0 Å². The molecule has 3 heterocycles. The summed E-state index contributed by atoms with van der Waals surface area (Å²) in [5.41, 5.74) is 2.02. The lowest BCUT2D eigenvalue weighted by Crippen LogP contribution is -2.44. The first kappa shape index (κ1) is 17.7. The smallest absolute Gasteiger partial charge is 0.235 e. The number of fused-ring (bicyclic) bond motifs is 1. The molecule has 27 heavy (non-hydrogen) atoms. The number of likely N-dealkylation sites (N-methyl/N-ethyl adjacent to an activating group) is 1. The summed E-state index contributed by atoms with van der Waals surface area (Å²) in [6, 6.07) is 8.09. The van der Waals surface area contributed by atoms with Gasteiger partial charge in [0.2, 0.25) is 5.91 Å². The number of nitrogens with one attached hydrogen (secondary N) is 1. The number of halogens is 1. The fourth-order valence-electron chi connectivity index (χ4n) is 3.51. The van der Waals surface area contributed by atoms with E-state index in [-0.39, 0.29) is 18.3 Å². The summed E-state index contributed by atoms with van der Waals surface area (Å²) in [6.45, 7) is 6.00. The van der Waals surface area contributed by atoms with Crippen molar-refractivity contribution in [2.24, 2.45) is 0 Å². The van der Waals surface area contributed by atoms with Crippen LogP contribution in [-0.4, -0.2) is 55.6 Å². The van der Waals surface area contributed by atoms with Crippen LogP contribution in [-0.2, 0) is 4.79 Å². The molecule has 7 heteroatoms. The highest BCUT2D eigenvalue weighted by atomic mass is 19.1. The van der Waals surface area contributed by atoms with E-state index in [1.807, 2.05) is 19.1 Å². The lowest BCUT2D eigenvalue weighted by Gasteiger charge is -2.33. The first-order chi connectivity index (χ1) is 13.0. The molecule has 0 spiro atoms. The molecule has 0 bridgehead atoms. The number of carbonyl (C=O) groups is 1. The van der Waals surface area contributed by atoms with Crippen LogP contribution in [0.15, 0.2) is 30.3 Å². The maximum Gasteiger partial charge on any atom is 0.235 e. The van der Waals surface area contributed by atoms with E-state index in [1.54, 1.807) is 6.07 Å². The molecule has 0 aliphatic carbocycles. The number of hydrogen-bond donors (Lipinski definition) is 1. The number of anilines is 2. The van der Waals surface area contributed by atoms with E-state index in [1.165, 1.54) is 12.1 Å². The van der Waals surface area contributed by atoms with Gasteiger partial charge in [-0.3, -0.25) is 4.79 Å². The molecule has 0 saturated carbocycles. The van der Waals surface area contributed by atoms with Gasteiger partial charge in [0.25, 0.3) is 0 Å². The van der Waals surface area contributed by atoms with Gasteiger partial charge in [-0.2, -0.15) is 0 Å². The molecule has 1 N–H and O–H groups in total. The zero-order chi connectivity index (χ0) is 19.0. The average Bonchev–Trinajstić information content (AvgIpc) is 3.07. The molecule has 1 atom stereocenters. The molecule has 1 amide bonds. The number of pyridine rings is 1. The Balaban J connectivity index is 1.47. The van der Waals surface area contributed by atoms with Crippen molar-refractivity contribution in [1.82, 2.24) is 9.88 Å². The second-order valence-corrected chi connectivity index (χ2v) is 7.13. The van der Waals surface area contributed by atoms with E-state index < -0.39 is 5.92 Å². The monoisotopic (exact) mass is 370 g/mol. The second-order valence-electron chi connectivity index (χ2n) is 7.13. The largest absolute Gasteiger partial charge is 0.492 e. The Bertz CT molecular complexity index is 865. The molecule has 4 rings (SSSR count). The van der Waals surface area contributed by atoms with Crippen molar-refractivity contribution in [2.45, 2.75) is 12.8 Å². The van der Waals surface area contributed by atoms with Crippen LogP contribution in [0.5, 0.6) is 5.75 Å². The third-order valence-electron chi connectivity index (χ3n) is 5.23. The fraction of sp³-hybridized carbons (Fsp3) is 0.400. The zero-order valence-electron chi connectivity index (χ0n) is 15.5. The number of ether oxygens (including phenoxy) is 1. The van der Waals surface area contributed by atoms with Crippen LogP contribution in [0.25, 0.3) is 0 Å². The minimum absolute atomic E-state index is 0.211. The second kappa shape index (κ2) is 7.15. The van der Waals surface area contributed by atoms with Crippen LogP contribution in [0, 0.1) is 12.7 Å². The summed E-state index contributed by atoms with van der Waals surface area (Å²) < 4.78 is 19.0. The van der Waals surface area contributed by atoms with E-state index in [0.29, 0.717) is 17.0 Å². The maximum absolute atomic E-state index is 13.5. The molecule has 1 unspecified atom stereocenters. The normalized spacial score (nSPS) is 19.5. The van der Waals surface area contributed by atoms with Gasteiger partial charge in [0.05, 0.1) is 11.4 Å². The van der Waals surface area contributed by atoms with Gasteiger partial charge in [-0.05, 0) is 44.3 Å². The number of rotatable bonds is 3. The molecular formula is C20H23FN4O2. The molecular weight excluding hydrogens is 347 g/mol. The summed E-state index contributed by atoms with van der Waals surface area (Å²) in [5.74, 6) is 0.391. The summed E-state index contributed by atoms with van der Waals surface area (Å²) >= 11 is 0. The minimum atomic E-state index is -0.521. The summed E-state index contributed by atoms with van der Waals surface area (Å²) in [5, 5.41) is 2.92. The molecule has 1 aromatic carbocycles. The summed E-state index contributed by atoms with van der Waals surface area (Å²) in [4.78, 5) is 21.9. The molecule has 2 aliphatic rings.